The third-order valence-corrected chi connectivity index (χ3v) is 5.53. The van der Waals surface area contributed by atoms with Crippen LogP contribution in [-0.2, 0) is 9.59 Å². The van der Waals surface area contributed by atoms with E-state index >= 15 is 0 Å². The molecule has 8 nitrogen and oxygen atoms in total. The minimum Gasteiger partial charge on any atom is -0.497 e. The second-order valence-electron chi connectivity index (χ2n) is 8.15. The van der Waals surface area contributed by atoms with Gasteiger partial charge in [-0.2, -0.15) is 0 Å². The van der Waals surface area contributed by atoms with Crippen molar-refractivity contribution in [2.24, 2.45) is 0 Å². The van der Waals surface area contributed by atoms with Crippen LogP contribution >= 0.6 is 0 Å². The molecule has 8 heteroatoms. The molecule has 1 N–H and O–H groups in total. The Hall–Kier alpha value is -4.20. The second-order valence-corrected chi connectivity index (χ2v) is 8.15. The summed E-state index contributed by atoms with van der Waals surface area (Å²) in [6.45, 7) is 4.34. The number of rotatable bonds is 9. The van der Waals surface area contributed by atoms with Crippen LogP contribution < -0.4 is 29.2 Å². The number of anilines is 2. The smallest absolute Gasteiger partial charge is 0.265 e. The van der Waals surface area contributed by atoms with E-state index in [1.54, 1.807) is 30.2 Å². The highest BCUT2D eigenvalue weighted by Crippen LogP contribution is 2.34. The molecule has 2 amide bonds. The molecule has 35 heavy (non-hydrogen) atoms. The Bertz CT molecular complexity index is 1210. The SMILES string of the molecule is COc1ccc(OCCN2C(=O)COc3ccc(NC(=O)COc4cc(C)ccc4C)cc32)cc1. The van der Waals surface area contributed by atoms with E-state index in [-0.39, 0.29) is 31.6 Å². The van der Waals surface area contributed by atoms with Gasteiger partial charge in [0, 0.05) is 5.69 Å². The minimum atomic E-state index is -0.303. The Morgan fingerprint density at radius 2 is 1.77 bits per heavy atom. The van der Waals surface area contributed by atoms with Crippen LogP contribution in [0.2, 0.25) is 0 Å². The van der Waals surface area contributed by atoms with Crippen molar-refractivity contribution in [1.82, 2.24) is 0 Å². The van der Waals surface area contributed by atoms with Gasteiger partial charge >= 0.3 is 0 Å². The summed E-state index contributed by atoms with van der Waals surface area (Å²) in [7, 11) is 1.60. The van der Waals surface area contributed by atoms with E-state index in [2.05, 4.69) is 5.32 Å². The van der Waals surface area contributed by atoms with Crippen molar-refractivity contribution in [3.63, 3.8) is 0 Å². The lowest BCUT2D eigenvalue weighted by Gasteiger charge is -2.29. The van der Waals surface area contributed by atoms with Gasteiger partial charge in [-0.05, 0) is 73.5 Å². The van der Waals surface area contributed by atoms with Gasteiger partial charge in [-0.1, -0.05) is 12.1 Å². The van der Waals surface area contributed by atoms with Gasteiger partial charge in [-0.25, -0.2) is 0 Å². The maximum atomic E-state index is 12.6. The number of methoxy groups -OCH3 is 1. The molecule has 0 spiro atoms. The lowest BCUT2D eigenvalue weighted by Crippen LogP contribution is -2.41. The molecule has 0 fully saturated rings. The summed E-state index contributed by atoms with van der Waals surface area (Å²) in [5.41, 5.74) is 3.13. The Balaban J connectivity index is 1.38. The summed E-state index contributed by atoms with van der Waals surface area (Å²) >= 11 is 0. The molecule has 0 atom stereocenters. The molecule has 1 aliphatic rings. The quantitative estimate of drug-likeness (QED) is 0.500. The number of carbonyl (C=O) groups is 2. The molecule has 182 valence electrons. The van der Waals surface area contributed by atoms with Crippen LogP contribution in [0.1, 0.15) is 11.1 Å². The molecule has 4 rings (SSSR count). The Morgan fingerprint density at radius 3 is 2.54 bits per heavy atom. The molecule has 3 aromatic carbocycles. The fraction of sp³-hybridized carbons (Fsp3) is 0.259. The van der Waals surface area contributed by atoms with Crippen molar-refractivity contribution in [2.75, 3.05) is 43.7 Å². The van der Waals surface area contributed by atoms with E-state index in [4.69, 9.17) is 18.9 Å². The second kappa shape index (κ2) is 10.8. The van der Waals surface area contributed by atoms with Crippen molar-refractivity contribution in [3.8, 4) is 23.0 Å². The van der Waals surface area contributed by atoms with Gasteiger partial charge in [-0.3, -0.25) is 9.59 Å². The Kier molecular flexibility index (Phi) is 7.40. The van der Waals surface area contributed by atoms with E-state index in [9.17, 15) is 9.59 Å². The highest BCUT2D eigenvalue weighted by atomic mass is 16.5. The monoisotopic (exact) mass is 476 g/mol. The zero-order valence-corrected chi connectivity index (χ0v) is 20.0. The van der Waals surface area contributed by atoms with E-state index in [0.29, 0.717) is 35.2 Å². The molecule has 0 bridgehead atoms. The average molecular weight is 477 g/mol. The van der Waals surface area contributed by atoms with Crippen LogP contribution in [0.25, 0.3) is 0 Å². The Labute approximate surface area is 204 Å². The largest absolute Gasteiger partial charge is 0.497 e. The van der Waals surface area contributed by atoms with Crippen molar-refractivity contribution in [1.29, 1.82) is 0 Å². The molecule has 0 saturated carbocycles. The van der Waals surface area contributed by atoms with Crippen LogP contribution in [0, 0.1) is 13.8 Å². The fourth-order valence-electron chi connectivity index (χ4n) is 3.65. The number of hydrogen-bond donors (Lipinski definition) is 1. The van der Waals surface area contributed by atoms with Crippen molar-refractivity contribution >= 4 is 23.2 Å². The van der Waals surface area contributed by atoms with E-state index in [1.165, 1.54) is 0 Å². The van der Waals surface area contributed by atoms with Gasteiger partial charge in [0.1, 0.15) is 29.6 Å². The zero-order valence-electron chi connectivity index (χ0n) is 20.0. The number of ether oxygens (including phenoxy) is 4. The predicted molar refractivity (Wildman–Crippen MR) is 133 cm³/mol. The normalized spacial score (nSPS) is 12.4. The van der Waals surface area contributed by atoms with Gasteiger partial charge in [0.2, 0.25) is 0 Å². The van der Waals surface area contributed by atoms with Gasteiger partial charge in [0.05, 0.1) is 19.3 Å². The lowest BCUT2D eigenvalue weighted by molar-refractivity contribution is -0.121. The van der Waals surface area contributed by atoms with Gasteiger partial charge < -0.3 is 29.2 Å². The van der Waals surface area contributed by atoms with Gasteiger partial charge in [0.25, 0.3) is 11.8 Å². The van der Waals surface area contributed by atoms with Crippen LogP contribution in [-0.4, -0.2) is 45.3 Å². The molecule has 1 aliphatic heterocycles. The van der Waals surface area contributed by atoms with Crippen LogP contribution in [0.4, 0.5) is 11.4 Å². The first-order valence-electron chi connectivity index (χ1n) is 11.3. The third kappa shape index (κ3) is 6.03. The summed E-state index contributed by atoms with van der Waals surface area (Å²) in [5, 5.41) is 2.82. The number of aryl methyl sites for hydroxylation is 2. The number of amides is 2. The van der Waals surface area contributed by atoms with Crippen molar-refractivity contribution in [3.05, 3.63) is 71.8 Å². The molecule has 0 saturated heterocycles. The van der Waals surface area contributed by atoms with Gasteiger partial charge in [-0.15, -0.1) is 0 Å². The summed E-state index contributed by atoms with van der Waals surface area (Å²) in [5.74, 6) is 2.17. The predicted octanol–water partition coefficient (Wildman–Crippen LogP) is 4.13. The maximum absolute atomic E-state index is 12.6. The highest BCUT2D eigenvalue weighted by Gasteiger charge is 2.26. The number of benzene rings is 3. The zero-order chi connectivity index (χ0) is 24.8. The lowest BCUT2D eigenvalue weighted by atomic mass is 10.1. The van der Waals surface area contributed by atoms with E-state index in [1.807, 2.05) is 56.3 Å². The number of fused-ring (bicyclic) bond motifs is 1. The third-order valence-electron chi connectivity index (χ3n) is 5.53. The molecule has 1 heterocycles. The topological polar surface area (TPSA) is 86.3 Å². The molecular weight excluding hydrogens is 448 g/mol. The summed E-state index contributed by atoms with van der Waals surface area (Å²) in [6.07, 6.45) is 0. The standard InChI is InChI=1S/C27H28N2O6/c1-18-4-5-19(2)25(14-18)34-16-26(30)28-20-6-11-24-23(15-20)29(27(31)17-35-24)12-13-33-22-9-7-21(32-3)8-10-22/h4-11,14-15H,12-13,16-17H2,1-3H3,(H,28,30). The summed E-state index contributed by atoms with van der Waals surface area (Å²) in [6, 6.07) is 18.3. The first kappa shape index (κ1) is 23.9. The fourth-order valence-corrected chi connectivity index (χ4v) is 3.65. The first-order valence-corrected chi connectivity index (χ1v) is 11.3. The number of carbonyl (C=O) groups excluding carboxylic acids is 2. The molecule has 0 aromatic heterocycles. The van der Waals surface area contributed by atoms with Gasteiger partial charge in [0.15, 0.2) is 13.2 Å². The number of nitrogens with one attached hydrogen (secondary N) is 1. The number of hydrogen-bond acceptors (Lipinski definition) is 6. The first-order chi connectivity index (χ1) is 16.9. The molecule has 0 unspecified atom stereocenters. The van der Waals surface area contributed by atoms with Crippen LogP contribution in [0.5, 0.6) is 23.0 Å². The summed E-state index contributed by atoms with van der Waals surface area (Å²) < 4.78 is 22.2. The molecule has 3 aromatic rings. The van der Waals surface area contributed by atoms with Crippen molar-refractivity contribution < 1.29 is 28.5 Å². The van der Waals surface area contributed by atoms with Crippen LogP contribution in [0.15, 0.2) is 60.7 Å². The van der Waals surface area contributed by atoms with E-state index in [0.717, 1.165) is 16.9 Å². The van der Waals surface area contributed by atoms with Crippen molar-refractivity contribution in [2.45, 2.75) is 13.8 Å². The van der Waals surface area contributed by atoms with E-state index < -0.39 is 0 Å². The minimum absolute atomic E-state index is 0.0507. The molecule has 0 aliphatic carbocycles. The molecular formula is C27H28N2O6. The molecule has 0 radical (unpaired) electrons. The Morgan fingerprint density at radius 1 is 1.00 bits per heavy atom. The highest BCUT2D eigenvalue weighted by molar-refractivity contribution is 5.99. The summed E-state index contributed by atoms with van der Waals surface area (Å²) in [4.78, 5) is 26.7. The maximum Gasteiger partial charge on any atom is 0.265 e. The average Bonchev–Trinajstić information content (AvgIpc) is 2.86. The number of nitrogens with zero attached hydrogens (tertiary/aromatic N) is 1. The van der Waals surface area contributed by atoms with Crippen LogP contribution in [0.3, 0.4) is 0 Å².